The van der Waals surface area contributed by atoms with Crippen molar-refractivity contribution in [2.24, 2.45) is 5.73 Å². The number of anilines is 4. The molecule has 0 bridgehead atoms. The number of piperidine rings is 1. The monoisotopic (exact) mass is 572 g/mol. The molecule has 226 valence electrons. The van der Waals surface area contributed by atoms with Crippen LogP contribution in [0.4, 0.5) is 23.0 Å². The number of nitrogens with zero attached hydrogens (tertiary/aromatic N) is 5. The maximum atomic E-state index is 12.4. The molecule has 4 heterocycles. The van der Waals surface area contributed by atoms with Crippen LogP contribution in [-0.2, 0) is 11.2 Å². The summed E-state index contributed by atoms with van der Waals surface area (Å²) in [5.74, 6) is 0.519. The number of likely N-dealkylation sites (N-methyl/N-ethyl adjacent to an activating group) is 1. The number of rotatable bonds is 9. The fraction of sp³-hybridized carbons (Fsp3) is 0.633. The van der Waals surface area contributed by atoms with Crippen LogP contribution in [0, 0.1) is 0 Å². The normalized spacial score (nSPS) is 23.3. The molecule has 0 unspecified atom stereocenters. The number of hydrogen-bond donors (Lipinski definition) is 3. The number of nitrogens with two attached hydrogens (primary N) is 1. The lowest BCUT2D eigenvalue weighted by Gasteiger charge is -2.42. The second-order valence-electron chi connectivity index (χ2n) is 10.5. The van der Waals surface area contributed by atoms with Crippen molar-refractivity contribution < 1.29 is 19.8 Å². The first-order valence-electron chi connectivity index (χ1n) is 16.1. The SMILES string of the molecule is C.[2H]C1([2H])CN(c2ccc(Nc3nc(NC4CCOCC4)c(CC)nc3C(N)=O)cc2OC)CC([2H])([2H])C1N1CCN(C)CC1. The molecular formula is C30H48N8O3. The molecule has 0 radical (unpaired) electrons. The highest BCUT2D eigenvalue weighted by Gasteiger charge is 2.28. The third-order valence-electron chi connectivity index (χ3n) is 7.74. The van der Waals surface area contributed by atoms with E-state index in [1.807, 2.05) is 18.9 Å². The Labute approximate surface area is 250 Å². The third-order valence-corrected chi connectivity index (χ3v) is 7.74. The van der Waals surface area contributed by atoms with Crippen molar-refractivity contribution >= 4 is 28.9 Å². The topological polar surface area (TPSA) is 121 Å². The number of ether oxygens (including phenoxy) is 2. The quantitative estimate of drug-likeness (QED) is 0.413. The lowest BCUT2D eigenvalue weighted by molar-refractivity contribution is 0.0903. The molecule has 3 aliphatic heterocycles. The molecule has 0 atom stereocenters. The van der Waals surface area contributed by atoms with Gasteiger partial charge in [0, 0.05) is 81.8 Å². The van der Waals surface area contributed by atoms with E-state index in [0.29, 0.717) is 61.4 Å². The first-order valence-corrected chi connectivity index (χ1v) is 14.1. The zero-order chi connectivity index (χ0) is 31.6. The van der Waals surface area contributed by atoms with E-state index >= 15 is 0 Å². The standard InChI is InChI=1S/C29H44N8O3.CH4/c1-4-23-28(31-20-9-17-40-18-10-20)34-29(26(33-23)27(30)38)32-21-5-6-24(25(19-21)39-3)37-11-7-22(8-12-37)36-15-13-35(2)14-16-36;/h5-6,19-20,22H,4,7-18H2,1-3H3,(H2,30,38)(H2,31,32,34);1H4/i7D2,8D2;. The molecule has 3 saturated heterocycles. The van der Waals surface area contributed by atoms with Crippen molar-refractivity contribution in [2.75, 3.05) is 82.2 Å². The smallest absolute Gasteiger partial charge is 0.271 e. The van der Waals surface area contributed by atoms with Crippen molar-refractivity contribution in [3.05, 3.63) is 29.6 Å². The Morgan fingerprint density at radius 3 is 2.46 bits per heavy atom. The molecule has 0 spiro atoms. The Bertz CT molecular complexity index is 1320. The first-order chi connectivity index (χ1) is 20.9. The minimum absolute atomic E-state index is 0. The van der Waals surface area contributed by atoms with Gasteiger partial charge in [0.15, 0.2) is 17.3 Å². The summed E-state index contributed by atoms with van der Waals surface area (Å²) in [7, 11) is 3.54. The number of aryl methyl sites for hydroxylation is 1. The Kier molecular flexibility index (Phi) is 8.82. The second kappa shape index (κ2) is 14.2. The number of amides is 1. The van der Waals surface area contributed by atoms with Crippen LogP contribution in [0.2, 0.25) is 0 Å². The summed E-state index contributed by atoms with van der Waals surface area (Å²) in [6, 6.07) is 4.58. The Hall–Kier alpha value is -3.15. The van der Waals surface area contributed by atoms with Crippen LogP contribution in [-0.4, -0.2) is 104 Å². The minimum Gasteiger partial charge on any atom is -0.495 e. The molecule has 1 aromatic carbocycles. The number of carbonyl (C=O) groups is 1. The van der Waals surface area contributed by atoms with Gasteiger partial charge >= 0.3 is 0 Å². The summed E-state index contributed by atoms with van der Waals surface area (Å²) in [5.41, 5.74) is 7.50. The van der Waals surface area contributed by atoms with Gasteiger partial charge in [-0.05, 0) is 51.2 Å². The van der Waals surface area contributed by atoms with E-state index in [-0.39, 0.29) is 38.1 Å². The molecule has 3 fully saturated rings. The second-order valence-corrected chi connectivity index (χ2v) is 10.5. The number of aromatic nitrogens is 2. The van der Waals surface area contributed by atoms with E-state index in [4.69, 9.17) is 25.7 Å². The fourth-order valence-corrected chi connectivity index (χ4v) is 5.31. The largest absolute Gasteiger partial charge is 0.495 e. The zero-order valence-corrected chi connectivity index (χ0v) is 23.7. The van der Waals surface area contributed by atoms with Gasteiger partial charge in [0.2, 0.25) is 0 Å². The summed E-state index contributed by atoms with van der Waals surface area (Å²) in [6.45, 7) is 6.14. The number of benzene rings is 1. The fourth-order valence-electron chi connectivity index (χ4n) is 5.31. The first kappa shape index (κ1) is 25.6. The van der Waals surface area contributed by atoms with Crippen molar-refractivity contribution in [3.8, 4) is 5.75 Å². The number of nitrogens with one attached hydrogen (secondary N) is 2. The predicted molar refractivity (Wildman–Crippen MR) is 165 cm³/mol. The summed E-state index contributed by atoms with van der Waals surface area (Å²) < 4.78 is 46.9. The molecule has 0 aliphatic carbocycles. The van der Waals surface area contributed by atoms with Gasteiger partial charge in [-0.15, -0.1) is 0 Å². The lowest BCUT2D eigenvalue weighted by atomic mass is 10.0. The van der Waals surface area contributed by atoms with E-state index in [0.717, 1.165) is 25.9 Å². The highest BCUT2D eigenvalue weighted by atomic mass is 16.5. The van der Waals surface area contributed by atoms with E-state index in [1.54, 1.807) is 23.1 Å². The van der Waals surface area contributed by atoms with Crippen molar-refractivity contribution in [3.63, 3.8) is 0 Å². The zero-order valence-electron chi connectivity index (χ0n) is 27.7. The van der Waals surface area contributed by atoms with Crippen LogP contribution in [0.3, 0.4) is 0 Å². The van der Waals surface area contributed by atoms with Gasteiger partial charge in [-0.25, -0.2) is 9.97 Å². The van der Waals surface area contributed by atoms with E-state index < -0.39 is 24.7 Å². The van der Waals surface area contributed by atoms with Crippen molar-refractivity contribution in [2.45, 2.75) is 58.4 Å². The molecule has 0 saturated carbocycles. The molecule has 11 heteroatoms. The summed E-state index contributed by atoms with van der Waals surface area (Å²) in [6.07, 6.45) is -1.37. The van der Waals surface area contributed by atoms with Gasteiger partial charge in [0.25, 0.3) is 5.91 Å². The lowest BCUT2D eigenvalue weighted by Crippen LogP contribution is -2.52. The van der Waals surface area contributed by atoms with E-state index in [9.17, 15) is 4.79 Å². The number of primary amides is 1. The number of methoxy groups -OCH3 is 1. The summed E-state index contributed by atoms with van der Waals surface area (Å²) >= 11 is 0. The van der Waals surface area contributed by atoms with Gasteiger partial charge in [0.1, 0.15) is 5.75 Å². The van der Waals surface area contributed by atoms with Crippen molar-refractivity contribution in [1.29, 1.82) is 0 Å². The molecule has 1 amide bonds. The highest BCUT2D eigenvalue weighted by Crippen LogP contribution is 2.35. The molecule has 1 aromatic heterocycles. The van der Waals surface area contributed by atoms with Crippen LogP contribution in [0.25, 0.3) is 0 Å². The van der Waals surface area contributed by atoms with Gasteiger partial charge in [-0.2, -0.15) is 0 Å². The summed E-state index contributed by atoms with van der Waals surface area (Å²) in [4.78, 5) is 27.5. The number of carbonyl (C=O) groups excluding carboxylic acids is 1. The number of piperazine rings is 1. The predicted octanol–water partition coefficient (Wildman–Crippen LogP) is 3.33. The average Bonchev–Trinajstić information content (AvgIpc) is 2.97. The molecule has 2 aromatic rings. The Balaban J connectivity index is 0.00000461. The van der Waals surface area contributed by atoms with Crippen LogP contribution in [0.1, 0.15) is 61.6 Å². The molecule has 41 heavy (non-hydrogen) atoms. The van der Waals surface area contributed by atoms with Gasteiger partial charge in [-0.1, -0.05) is 14.4 Å². The maximum absolute atomic E-state index is 12.4. The molecular weight excluding hydrogens is 520 g/mol. The number of hydrogen-bond acceptors (Lipinski definition) is 10. The van der Waals surface area contributed by atoms with E-state index in [1.165, 1.54) is 7.11 Å². The Morgan fingerprint density at radius 1 is 1.12 bits per heavy atom. The van der Waals surface area contributed by atoms with Crippen LogP contribution >= 0.6 is 0 Å². The maximum Gasteiger partial charge on any atom is 0.271 e. The van der Waals surface area contributed by atoms with Crippen LogP contribution < -0.4 is 26.0 Å². The molecule has 3 aliphatic rings. The van der Waals surface area contributed by atoms with Gasteiger partial charge < -0.3 is 35.6 Å². The van der Waals surface area contributed by atoms with E-state index in [2.05, 4.69) is 20.5 Å². The average molecular weight is 573 g/mol. The van der Waals surface area contributed by atoms with Crippen LogP contribution in [0.15, 0.2) is 18.2 Å². The minimum atomic E-state index is -1.81. The Morgan fingerprint density at radius 2 is 1.83 bits per heavy atom. The van der Waals surface area contributed by atoms with Crippen LogP contribution in [0.5, 0.6) is 5.75 Å². The van der Waals surface area contributed by atoms with Crippen molar-refractivity contribution in [1.82, 2.24) is 19.8 Å². The highest BCUT2D eigenvalue weighted by molar-refractivity contribution is 5.96. The summed E-state index contributed by atoms with van der Waals surface area (Å²) in [5, 5.41) is 6.64. The molecule has 11 nitrogen and oxygen atoms in total. The third kappa shape index (κ3) is 7.38. The van der Waals surface area contributed by atoms with Gasteiger partial charge in [-0.3, -0.25) is 9.69 Å². The molecule has 5 rings (SSSR count). The van der Waals surface area contributed by atoms with Gasteiger partial charge in [0.05, 0.1) is 18.5 Å². The molecule has 4 N–H and O–H groups in total.